The summed E-state index contributed by atoms with van der Waals surface area (Å²) >= 11 is 0. The lowest BCUT2D eigenvalue weighted by Gasteiger charge is -2.34. The first-order valence-electron chi connectivity index (χ1n) is 8.84. The molecule has 3 rings (SSSR count). The molecular formula is C18H23NO7S. The van der Waals surface area contributed by atoms with Crippen LogP contribution in [0.2, 0.25) is 0 Å². The lowest BCUT2D eigenvalue weighted by molar-refractivity contribution is -0.147. The van der Waals surface area contributed by atoms with E-state index in [0.717, 1.165) is 0 Å². The van der Waals surface area contributed by atoms with Crippen LogP contribution in [0.4, 0.5) is 0 Å². The Balaban J connectivity index is 1.71. The van der Waals surface area contributed by atoms with E-state index < -0.39 is 28.1 Å². The van der Waals surface area contributed by atoms with E-state index in [-0.39, 0.29) is 41.9 Å². The summed E-state index contributed by atoms with van der Waals surface area (Å²) in [5.41, 5.74) is 0.171. The van der Waals surface area contributed by atoms with Crippen molar-refractivity contribution < 1.29 is 32.2 Å². The average Bonchev–Trinajstić information content (AvgIpc) is 2.91. The zero-order valence-corrected chi connectivity index (χ0v) is 16.3. The monoisotopic (exact) mass is 397 g/mol. The third-order valence-electron chi connectivity index (χ3n) is 4.49. The zero-order chi connectivity index (χ0) is 19.8. The van der Waals surface area contributed by atoms with Crippen LogP contribution in [0.25, 0.3) is 0 Å². The van der Waals surface area contributed by atoms with E-state index in [4.69, 9.17) is 14.2 Å². The first-order valence-corrected chi connectivity index (χ1v) is 10.3. The van der Waals surface area contributed by atoms with E-state index >= 15 is 0 Å². The molecule has 1 aromatic carbocycles. The van der Waals surface area contributed by atoms with Gasteiger partial charge in [0.15, 0.2) is 0 Å². The standard InChI is InChI=1S/C18H23NO7S/c1-11-8-16(18(21)25-11)26-17(20)14-4-6-15(7-5-14)27(22,23)19-9-12(2)24-13(3)10-19/h4-7,11-13,16H,8-10H2,1-3H3. The topological polar surface area (TPSA) is 99.2 Å². The van der Waals surface area contributed by atoms with Crippen LogP contribution >= 0.6 is 0 Å². The van der Waals surface area contributed by atoms with E-state index in [0.29, 0.717) is 6.42 Å². The quantitative estimate of drug-likeness (QED) is 0.707. The molecule has 0 N–H and O–H groups in total. The van der Waals surface area contributed by atoms with Crippen LogP contribution in [-0.4, -0.2) is 62.2 Å². The van der Waals surface area contributed by atoms with Gasteiger partial charge in [-0.05, 0) is 45.0 Å². The molecule has 27 heavy (non-hydrogen) atoms. The number of cyclic esters (lactones) is 1. The Morgan fingerprint density at radius 1 is 1.07 bits per heavy atom. The van der Waals surface area contributed by atoms with Crippen molar-refractivity contribution in [2.24, 2.45) is 0 Å². The van der Waals surface area contributed by atoms with Crippen LogP contribution < -0.4 is 0 Å². The molecule has 0 saturated carbocycles. The molecule has 2 fully saturated rings. The Labute approximate surface area is 158 Å². The predicted octanol–water partition coefficient (Wildman–Crippen LogP) is 1.35. The van der Waals surface area contributed by atoms with Crippen molar-refractivity contribution in [1.82, 2.24) is 4.31 Å². The molecule has 0 aromatic heterocycles. The molecule has 0 aliphatic carbocycles. The highest BCUT2D eigenvalue weighted by Crippen LogP contribution is 2.23. The van der Waals surface area contributed by atoms with Crippen LogP contribution in [-0.2, 0) is 29.0 Å². The second-order valence-corrected chi connectivity index (χ2v) is 8.92. The number of carbonyl (C=O) groups excluding carboxylic acids is 2. The van der Waals surface area contributed by atoms with E-state index in [2.05, 4.69) is 0 Å². The van der Waals surface area contributed by atoms with E-state index in [1.54, 1.807) is 6.92 Å². The largest absolute Gasteiger partial charge is 0.460 e. The van der Waals surface area contributed by atoms with Crippen molar-refractivity contribution in [1.29, 1.82) is 0 Å². The fourth-order valence-electron chi connectivity index (χ4n) is 3.25. The van der Waals surface area contributed by atoms with Gasteiger partial charge in [-0.3, -0.25) is 0 Å². The molecule has 8 nitrogen and oxygen atoms in total. The molecule has 2 saturated heterocycles. The number of ether oxygens (including phenoxy) is 3. The minimum absolute atomic E-state index is 0.0919. The minimum Gasteiger partial charge on any atom is -0.460 e. The first kappa shape index (κ1) is 19.8. The third kappa shape index (κ3) is 4.31. The van der Waals surface area contributed by atoms with Crippen molar-refractivity contribution in [3.05, 3.63) is 29.8 Å². The molecule has 2 aliphatic rings. The summed E-state index contributed by atoms with van der Waals surface area (Å²) in [4.78, 5) is 23.9. The maximum atomic E-state index is 12.8. The van der Waals surface area contributed by atoms with Gasteiger partial charge in [-0.1, -0.05) is 0 Å². The van der Waals surface area contributed by atoms with Gasteiger partial charge in [0, 0.05) is 19.5 Å². The summed E-state index contributed by atoms with van der Waals surface area (Å²) in [7, 11) is -3.68. The summed E-state index contributed by atoms with van der Waals surface area (Å²) < 4.78 is 42.7. The Bertz CT molecular complexity index is 811. The first-order chi connectivity index (χ1) is 12.7. The van der Waals surface area contributed by atoms with Crippen molar-refractivity contribution in [3.8, 4) is 0 Å². The number of hydrogen-bond acceptors (Lipinski definition) is 7. The van der Waals surface area contributed by atoms with Crippen LogP contribution in [0.3, 0.4) is 0 Å². The van der Waals surface area contributed by atoms with E-state index in [9.17, 15) is 18.0 Å². The summed E-state index contributed by atoms with van der Waals surface area (Å²) in [5, 5.41) is 0. The number of nitrogens with zero attached hydrogens (tertiary/aromatic N) is 1. The zero-order valence-electron chi connectivity index (χ0n) is 15.5. The second kappa shape index (κ2) is 7.57. The van der Waals surface area contributed by atoms with Gasteiger partial charge in [-0.25, -0.2) is 18.0 Å². The van der Waals surface area contributed by atoms with Crippen LogP contribution in [0.1, 0.15) is 37.6 Å². The van der Waals surface area contributed by atoms with Gasteiger partial charge in [0.2, 0.25) is 16.1 Å². The fourth-order valence-corrected chi connectivity index (χ4v) is 4.84. The number of hydrogen-bond donors (Lipinski definition) is 0. The highest BCUT2D eigenvalue weighted by atomic mass is 32.2. The molecule has 148 valence electrons. The van der Waals surface area contributed by atoms with Gasteiger partial charge in [0.05, 0.1) is 22.7 Å². The molecular weight excluding hydrogens is 374 g/mol. The Morgan fingerprint density at radius 2 is 1.67 bits per heavy atom. The van der Waals surface area contributed by atoms with Crippen molar-refractivity contribution in [2.75, 3.05) is 13.1 Å². The summed E-state index contributed by atoms with van der Waals surface area (Å²) in [6, 6.07) is 5.50. The number of morpholine rings is 1. The molecule has 0 radical (unpaired) electrons. The molecule has 0 amide bonds. The highest BCUT2D eigenvalue weighted by Gasteiger charge is 2.35. The number of benzene rings is 1. The Morgan fingerprint density at radius 3 is 2.19 bits per heavy atom. The smallest absolute Gasteiger partial charge is 0.347 e. The van der Waals surface area contributed by atoms with E-state index in [1.165, 1.54) is 28.6 Å². The number of sulfonamides is 1. The Hall–Kier alpha value is -1.97. The predicted molar refractivity (Wildman–Crippen MR) is 94.6 cm³/mol. The van der Waals surface area contributed by atoms with Gasteiger partial charge < -0.3 is 14.2 Å². The lowest BCUT2D eigenvalue weighted by Crippen LogP contribution is -2.48. The maximum Gasteiger partial charge on any atom is 0.347 e. The van der Waals surface area contributed by atoms with Crippen LogP contribution in [0.5, 0.6) is 0 Å². The minimum atomic E-state index is -3.68. The molecule has 9 heteroatoms. The summed E-state index contributed by atoms with van der Waals surface area (Å²) in [6.45, 7) is 5.92. The molecule has 4 unspecified atom stereocenters. The number of carbonyl (C=O) groups is 2. The summed E-state index contributed by atoms with van der Waals surface area (Å²) in [5.74, 6) is -1.26. The van der Waals surface area contributed by atoms with Gasteiger partial charge in [-0.2, -0.15) is 4.31 Å². The van der Waals surface area contributed by atoms with Crippen molar-refractivity contribution >= 4 is 22.0 Å². The van der Waals surface area contributed by atoms with E-state index in [1.807, 2.05) is 13.8 Å². The molecule has 1 aromatic rings. The lowest BCUT2D eigenvalue weighted by atomic mass is 10.2. The molecule has 4 atom stereocenters. The maximum absolute atomic E-state index is 12.8. The molecule has 2 aliphatic heterocycles. The summed E-state index contributed by atoms with van der Waals surface area (Å²) in [6.07, 6.45) is -1.28. The number of rotatable bonds is 4. The van der Waals surface area contributed by atoms with Crippen LogP contribution in [0, 0.1) is 0 Å². The molecule has 0 bridgehead atoms. The fraction of sp³-hybridized carbons (Fsp3) is 0.556. The van der Waals surface area contributed by atoms with Crippen LogP contribution in [0.15, 0.2) is 29.2 Å². The molecule has 2 heterocycles. The normalized spacial score (nSPS) is 29.4. The Kier molecular flexibility index (Phi) is 5.55. The number of esters is 2. The van der Waals surface area contributed by atoms with Gasteiger partial charge in [-0.15, -0.1) is 0 Å². The highest BCUT2D eigenvalue weighted by molar-refractivity contribution is 7.89. The average molecular weight is 397 g/mol. The third-order valence-corrected chi connectivity index (χ3v) is 6.34. The van der Waals surface area contributed by atoms with Crippen molar-refractivity contribution in [2.45, 2.75) is 56.5 Å². The van der Waals surface area contributed by atoms with Gasteiger partial charge in [0.1, 0.15) is 6.10 Å². The SMILES string of the molecule is CC1CC(OC(=O)c2ccc(S(=O)(=O)N3CC(C)OC(C)C3)cc2)C(=O)O1. The van der Waals surface area contributed by atoms with Gasteiger partial charge in [0.25, 0.3) is 0 Å². The second-order valence-electron chi connectivity index (χ2n) is 6.98. The van der Waals surface area contributed by atoms with Crippen molar-refractivity contribution in [3.63, 3.8) is 0 Å². The van der Waals surface area contributed by atoms with Gasteiger partial charge >= 0.3 is 11.9 Å². The molecule has 0 spiro atoms.